The molecule has 0 saturated heterocycles. The number of thiol groups is 1. The van der Waals surface area contributed by atoms with Crippen LogP contribution in [0, 0.1) is 17.8 Å². The Hall–Kier alpha value is 0.310. The molecule has 0 N–H and O–H groups in total. The number of rotatable bonds is 1. The Labute approximate surface area is 80.5 Å². The summed E-state index contributed by atoms with van der Waals surface area (Å²) in [5, 5.41) is 0. The van der Waals surface area contributed by atoms with Gasteiger partial charge in [-0.15, -0.1) is 0 Å². The first kappa shape index (κ1) is 8.89. The molecule has 3 fully saturated rings. The lowest BCUT2D eigenvalue weighted by Crippen LogP contribution is -2.49. The molecule has 2 bridgehead atoms. The van der Waals surface area contributed by atoms with Crippen LogP contribution in [0.3, 0.4) is 0 Å². The zero-order valence-corrected chi connectivity index (χ0v) is 8.81. The Bertz CT molecular complexity index is 183. The molecular formula is C10H18OS. The van der Waals surface area contributed by atoms with Crippen LogP contribution in [-0.2, 0) is 4.18 Å². The Kier molecular flexibility index (Phi) is 2.16. The number of hydrogen-bond acceptors (Lipinski definition) is 2. The van der Waals surface area contributed by atoms with Crippen molar-refractivity contribution in [1.82, 2.24) is 0 Å². The minimum absolute atomic E-state index is 0.0731. The van der Waals surface area contributed by atoms with Crippen LogP contribution in [0.1, 0.15) is 39.5 Å². The summed E-state index contributed by atoms with van der Waals surface area (Å²) in [7, 11) is 0. The van der Waals surface area contributed by atoms with Crippen LogP contribution in [0.15, 0.2) is 0 Å². The Morgan fingerprint density at radius 2 is 2.17 bits per heavy atom. The van der Waals surface area contributed by atoms with E-state index in [1.54, 1.807) is 0 Å². The minimum Gasteiger partial charge on any atom is -0.312 e. The summed E-state index contributed by atoms with van der Waals surface area (Å²) in [6.07, 6.45) is 5.41. The molecule has 3 saturated carbocycles. The highest BCUT2D eigenvalue weighted by Gasteiger charge is 2.48. The summed E-state index contributed by atoms with van der Waals surface area (Å²) >= 11 is 4.02. The summed E-state index contributed by atoms with van der Waals surface area (Å²) in [4.78, 5) is 0. The molecule has 0 aliphatic heterocycles. The third kappa shape index (κ3) is 1.20. The number of fused-ring (bicyclic) bond motifs is 3. The van der Waals surface area contributed by atoms with Crippen molar-refractivity contribution in [3.8, 4) is 0 Å². The standard InChI is InChI=1S/C10H18OS/c1-7-5-8-3-4-9(7)10(2,6-8)11-12/h7-9,12H,3-6H2,1-2H3. The highest BCUT2D eigenvalue weighted by molar-refractivity contribution is 7.75. The topological polar surface area (TPSA) is 9.23 Å². The van der Waals surface area contributed by atoms with Gasteiger partial charge in [0.1, 0.15) is 0 Å². The van der Waals surface area contributed by atoms with Crippen LogP contribution >= 0.6 is 12.9 Å². The normalized spacial score (nSPS) is 52.8. The lowest BCUT2D eigenvalue weighted by Gasteiger charge is -2.51. The molecule has 0 radical (unpaired) electrons. The molecule has 3 rings (SSSR count). The van der Waals surface area contributed by atoms with Crippen LogP contribution in [0.5, 0.6) is 0 Å². The molecule has 0 heterocycles. The molecule has 2 heteroatoms. The van der Waals surface area contributed by atoms with Gasteiger partial charge in [-0.05, 0) is 63.3 Å². The molecule has 4 atom stereocenters. The third-order valence-corrected chi connectivity index (χ3v) is 4.38. The van der Waals surface area contributed by atoms with Gasteiger partial charge >= 0.3 is 0 Å². The van der Waals surface area contributed by atoms with Crippen LogP contribution in [-0.4, -0.2) is 5.60 Å². The van der Waals surface area contributed by atoms with Crippen molar-refractivity contribution < 1.29 is 4.18 Å². The van der Waals surface area contributed by atoms with Crippen LogP contribution in [0.25, 0.3) is 0 Å². The van der Waals surface area contributed by atoms with E-state index in [9.17, 15) is 0 Å². The second-order valence-corrected chi connectivity index (χ2v) is 5.05. The predicted molar refractivity (Wildman–Crippen MR) is 53.1 cm³/mol. The fourth-order valence-electron chi connectivity index (χ4n) is 3.43. The van der Waals surface area contributed by atoms with Gasteiger partial charge in [0.25, 0.3) is 0 Å². The fraction of sp³-hybridized carbons (Fsp3) is 1.00. The first-order chi connectivity index (χ1) is 5.65. The van der Waals surface area contributed by atoms with E-state index in [2.05, 4.69) is 26.8 Å². The van der Waals surface area contributed by atoms with Crippen molar-refractivity contribution in [2.75, 3.05) is 0 Å². The second kappa shape index (κ2) is 2.91. The molecular weight excluding hydrogens is 168 g/mol. The molecule has 12 heavy (non-hydrogen) atoms. The molecule has 0 aromatic heterocycles. The van der Waals surface area contributed by atoms with Gasteiger partial charge in [-0.2, -0.15) is 0 Å². The van der Waals surface area contributed by atoms with Crippen molar-refractivity contribution >= 4 is 12.9 Å². The summed E-state index contributed by atoms with van der Waals surface area (Å²) in [6, 6.07) is 0. The number of hydrogen-bond donors (Lipinski definition) is 1. The highest BCUT2D eigenvalue weighted by atomic mass is 32.1. The van der Waals surface area contributed by atoms with E-state index in [-0.39, 0.29) is 5.60 Å². The molecule has 3 aliphatic rings. The summed E-state index contributed by atoms with van der Waals surface area (Å²) < 4.78 is 5.38. The summed E-state index contributed by atoms with van der Waals surface area (Å²) in [6.45, 7) is 4.59. The van der Waals surface area contributed by atoms with Gasteiger partial charge in [0.2, 0.25) is 0 Å². The van der Waals surface area contributed by atoms with Crippen LogP contribution < -0.4 is 0 Å². The highest BCUT2D eigenvalue weighted by Crippen LogP contribution is 2.52. The molecule has 1 nitrogen and oxygen atoms in total. The Balaban J connectivity index is 2.19. The first-order valence-corrected chi connectivity index (χ1v) is 5.35. The van der Waals surface area contributed by atoms with Crippen molar-refractivity contribution in [2.24, 2.45) is 17.8 Å². The van der Waals surface area contributed by atoms with Gasteiger partial charge in [0.05, 0.1) is 5.60 Å². The average Bonchev–Trinajstić information content (AvgIpc) is 2.04. The van der Waals surface area contributed by atoms with Crippen molar-refractivity contribution in [3.05, 3.63) is 0 Å². The Morgan fingerprint density at radius 1 is 1.42 bits per heavy atom. The average molecular weight is 186 g/mol. The van der Waals surface area contributed by atoms with Gasteiger partial charge < -0.3 is 4.18 Å². The van der Waals surface area contributed by atoms with Gasteiger partial charge in [-0.25, -0.2) is 0 Å². The van der Waals surface area contributed by atoms with Gasteiger partial charge in [-0.3, -0.25) is 0 Å². The van der Waals surface area contributed by atoms with E-state index in [1.165, 1.54) is 25.7 Å². The first-order valence-electron chi connectivity index (χ1n) is 4.98. The lowest BCUT2D eigenvalue weighted by atomic mass is 9.58. The zero-order chi connectivity index (χ0) is 8.77. The minimum atomic E-state index is 0.0731. The van der Waals surface area contributed by atoms with Gasteiger partial charge in [0.15, 0.2) is 0 Å². The van der Waals surface area contributed by atoms with Gasteiger partial charge in [-0.1, -0.05) is 6.92 Å². The Morgan fingerprint density at radius 3 is 2.58 bits per heavy atom. The SMILES string of the molecule is CC1CC2CCC1C(C)(OS)C2. The van der Waals surface area contributed by atoms with E-state index >= 15 is 0 Å². The predicted octanol–water partition coefficient (Wildman–Crippen LogP) is 3.06. The second-order valence-electron chi connectivity index (χ2n) is 4.87. The molecule has 0 aromatic rings. The molecule has 0 amide bonds. The molecule has 70 valence electrons. The van der Waals surface area contributed by atoms with Crippen LogP contribution in [0.4, 0.5) is 0 Å². The van der Waals surface area contributed by atoms with Crippen molar-refractivity contribution in [2.45, 2.75) is 45.1 Å². The summed E-state index contributed by atoms with van der Waals surface area (Å²) in [5.41, 5.74) is 0.0731. The molecule has 0 spiro atoms. The van der Waals surface area contributed by atoms with Crippen LogP contribution in [0.2, 0.25) is 0 Å². The van der Waals surface area contributed by atoms with E-state index < -0.39 is 0 Å². The summed E-state index contributed by atoms with van der Waals surface area (Å²) in [5.74, 6) is 2.50. The van der Waals surface area contributed by atoms with E-state index in [0.717, 1.165) is 17.8 Å². The van der Waals surface area contributed by atoms with E-state index in [4.69, 9.17) is 4.18 Å². The van der Waals surface area contributed by atoms with E-state index in [0.29, 0.717) is 0 Å². The zero-order valence-electron chi connectivity index (χ0n) is 7.92. The maximum atomic E-state index is 5.38. The third-order valence-electron chi connectivity index (χ3n) is 3.96. The fourth-order valence-corrected chi connectivity index (χ4v) is 3.64. The largest absolute Gasteiger partial charge is 0.312 e. The maximum absolute atomic E-state index is 5.38. The molecule has 3 aliphatic carbocycles. The van der Waals surface area contributed by atoms with Crippen molar-refractivity contribution in [1.29, 1.82) is 0 Å². The lowest BCUT2D eigenvalue weighted by molar-refractivity contribution is -0.0783. The van der Waals surface area contributed by atoms with Gasteiger partial charge in [0, 0.05) is 0 Å². The molecule has 0 aromatic carbocycles. The smallest absolute Gasteiger partial charge is 0.0831 e. The van der Waals surface area contributed by atoms with Crippen molar-refractivity contribution in [3.63, 3.8) is 0 Å². The quantitative estimate of drug-likeness (QED) is 0.489. The molecule has 4 unspecified atom stereocenters. The maximum Gasteiger partial charge on any atom is 0.0831 e. The monoisotopic (exact) mass is 186 g/mol. The van der Waals surface area contributed by atoms with E-state index in [1.807, 2.05) is 0 Å².